The number of amides is 1. The summed E-state index contributed by atoms with van der Waals surface area (Å²) in [4.78, 5) is 33.5. The molecule has 0 saturated carbocycles. The van der Waals surface area contributed by atoms with Gasteiger partial charge in [-0.1, -0.05) is 11.8 Å². The van der Waals surface area contributed by atoms with Crippen LogP contribution in [-0.2, 0) is 19.1 Å². The zero-order valence-electron chi connectivity index (χ0n) is 10.8. The lowest BCUT2D eigenvalue weighted by Gasteiger charge is -2.23. The largest absolute Gasteiger partial charge is 0.458 e. The van der Waals surface area contributed by atoms with Crippen LogP contribution in [0.3, 0.4) is 0 Å². The van der Waals surface area contributed by atoms with Gasteiger partial charge in [-0.25, -0.2) is 4.79 Å². The molecule has 0 aliphatic carbocycles. The Hall–Kier alpha value is -1.04. The first-order valence-electron chi connectivity index (χ1n) is 5.25. The van der Waals surface area contributed by atoms with E-state index in [2.05, 4.69) is 5.32 Å². The van der Waals surface area contributed by atoms with Crippen molar-refractivity contribution in [1.29, 1.82) is 0 Å². The summed E-state index contributed by atoms with van der Waals surface area (Å²) in [7, 11) is 0. The molecule has 0 aromatic heterocycles. The van der Waals surface area contributed by atoms with Crippen LogP contribution in [0.1, 0.15) is 34.6 Å². The number of carbonyl (C=O) groups is 3. The molecule has 6 heteroatoms. The van der Waals surface area contributed by atoms with Gasteiger partial charge in [-0.15, -0.1) is 0 Å². The van der Waals surface area contributed by atoms with E-state index in [9.17, 15) is 14.4 Å². The Balaban J connectivity index is 4.50. The minimum absolute atomic E-state index is 0.107. The van der Waals surface area contributed by atoms with E-state index < -0.39 is 17.6 Å². The Morgan fingerprint density at radius 1 is 1.24 bits per heavy atom. The molecule has 0 saturated heterocycles. The Kier molecular flexibility index (Phi) is 6.23. The molecule has 0 spiro atoms. The maximum Gasteiger partial charge on any atom is 0.330 e. The minimum atomic E-state index is -0.791. The fourth-order valence-electron chi connectivity index (χ4n) is 0.988. The average molecular weight is 261 g/mol. The average Bonchev–Trinajstić information content (AvgIpc) is 2.08. The maximum atomic E-state index is 11.7. The molecule has 0 rings (SSSR count). The van der Waals surface area contributed by atoms with Gasteiger partial charge in [0.05, 0.1) is 0 Å². The van der Waals surface area contributed by atoms with Gasteiger partial charge in [0.2, 0.25) is 5.91 Å². The lowest BCUT2D eigenvalue weighted by atomic mass is 10.2. The molecule has 0 aromatic carbocycles. The van der Waals surface area contributed by atoms with Crippen molar-refractivity contribution in [2.24, 2.45) is 0 Å². The highest BCUT2D eigenvalue weighted by molar-refractivity contribution is 8.13. The molecule has 1 N–H and O–H groups in total. The molecule has 5 nitrogen and oxygen atoms in total. The van der Waals surface area contributed by atoms with Crippen LogP contribution >= 0.6 is 11.8 Å². The Labute approximate surface area is 106 Å². The minimum Gasteiger partial charge on any atom is -0.458 e. The van der Waals surface area contributed by atoms with Crippen molar-refractivity contribution in [3.05, 3.63) is 0 Å². The zero-order chi connectivity index (χ0) is 13.6. The highest BCUT2D eigenvalue weighted by Gasteiger charge is 2.26. The van der Waals surface area contributed by atoms with E-state index in [4.69, 9.17) is 4.74 Å². The van der Waals surface area contributed by atoms with Crippen molar-refractivity contribution in [2.75, 3.05) is 5.75 Å². The fraction of sp³-hybridized carbons (Fsp3) is 0.727. The summed E-state index contributed by atoms with van der Waals surface area (Å²) in [6, 6.07) is -0.791. The van der Waals surface area contributed by atoms with Crippen molar-refractivity contribution in [3.63, 3.8) is 0 Å². The Bertz CT molecular complexity index is 309. The van der Waals surface area contributed by atoms with Crippen molar-refractivity contribution in [1.82, 2.24) is 5.32 Å². The van der Waals surface area contributed by atoms with Gasteiger partial charge in [0.1, 0.15) is 11.6 Å². The van der Waals surface area contributed by atoms with Crippen LogP contribution in [0.15, 0.2) is 0 Å². The van der Waals surface area contributed by atoms with E-state index in [1.54, 1.807) is 20.8 Å². The smallest absolute Gasteiger partial charge is 0.330 e. The van der Waals surface area contributed by atoms with Gasteiger partial charge in [0.15, 0.2) is 5.12 Å². The number of thioether (sulfide) groups is 1. The maximum absolute atomic E-state index is 11.7. The van der Waals surface area contributed by atoms with Gasteiger partial charge in [0.25, 0.3) is 0 Å². The fourth-order valence-corrected chi connectivity index (χ4v) is 1.61. The van der Waals surface area contributed by atoms with Crippen LogP contribution < -0.4 is 5.32 Å². The summed E-state index contributed by atoms with van der Waals surface area (Å²) in [5, 5.41) is 2.36. The van der Waals surface area contributed by atoms with Crippen LogP contribution in [0.2, 0.25) is 0 Å². The topological polar surface area (TPSA) is 72.5 Å². The molecular weight excluding hydrogens is 242 g/mol. The van der Waals surface area contributed by atoms with Gasteiger partial charge in [-0.3, -0.25) is 9.59 Å². The van der Waals surface area contributed by atoms with Crippen molar-refractivity contribution in [3.8, 4) is 0 Å². The molecule has 0 bridgehead atoms. The molecule has 0 aromatic rings. The summed E-state index contributed by atoms with van der Waals surface area (Å²) in [5.41, 5.74) is -0.616. The summed E-state index contributed by atoms with van der Waals surface area (Å²) >= 11 is 0.981. The number of ether oxygens (including phenoxy) is 1. The van der Waals surface area contributed by atoms with Crippen molar-refractivity contribution < 1.29 is 19.1 Å². The molecule has 0 aliphatic rings. The number of hydrogen-bond acceptors (Lipinski definition) is 5. The van der Waals surface area contributed by atoms with Gasteiger partial charge < -0.3 is 10.1 Å². The predicted octanol–water partition coefficient (Wildman–Crippen LogP) is 1.11. The highest BCUT2D eigenvalue weighted by Crippen LogP contribution is 2.11. The molecular formula is C11H19NO4S. The van der Waals surface area contributed by atoms with Gasteiger partial charge in [-0.05, 0) is 20.8 Å². The van der Waals surface area contributed by atoms with E-state index in [0.717, 1.165) is 11.8 Å². The van der Waals surface area contributed by atoms with E-state index in [1.807, 2.05) is 0 Å². The van der Waals surface area contributed by atoms with Crippen LogP contribution in [0.25, 0.3) is 0 Å². The summed E-state index contributed by atoms with van der Waals surface area (Å²) in [6.07, 6.45) is 0. The molecule has 1 atom stereocenters. The third-order valence-corrected chi connectivity index (χ3v) is 2.43. The summed E-state index contributed by atoms with van der Waals surface area (Å²) in [6.45, 7) is 7.95. The third kappa shape index (κ3) is 8.74. The van der Waals surface area contributed by atoms with Gasteiger partial charge >= 0.3 is 5.97 Å². The number of rotatable bonds is 4. The van der Waals surface area contributed by atoms with Crippen LogP contribution in [0, 0.1) is 0 Å². The third-order valence-electron chi connectivity index (χ3n) is 1.52. The lowest BCUT2D eigenvalue weighted by Crippen LogP contribution is -2.45. The van der Waals surface area contributed by atoms with Crippen LogP contribution in [-0.4, -0.2) is 34.4 Å². The Morgan fingerprint density at radius 3 is 2.12 bits per heavy atom. The SMILES string of the molecule is CC(=O)N[C@@H](CSC(C)=O)C(=O)OC(C)(C)C. The number of carbonyl (C=O) groups excluding carboxylic acids is 3. The van der Waals surface area contributed by atoms with Crippen LogP contribution in [0.4, 0.5) is 0 Å². The van der Waals surface area contributed by atoms with Gasteiger partial charge in [-0.2, -0.15) is 0 Å². The predicted molar refractivity (Wildman–Crippen MR) is 66.6 cm³/mol. The second-order valence-electron chi connectivity index (χ2n) is 4.59. The molecule has 98 valence electrons. The monoisotopic (exact) mass is 261 g/mol. The first-order chi connectivity index (χ1) is 7.61. The number of hydrogen-bond donors (Lipinski definition) is 1. The number of esters is 1. The molecule has 1 amide bonds. The van der Waals surface area contributed by atoms with Crippen molar-refractivity contribution >= 4 is 28.8 Å². The molecule has 0 fully saturated rings. The molecule has 0 heterocycles. The van der Waals surface area contributed by atoms with Crippen molar-refractivity contribution in [2.45, 2.75) is 46.3 Å². The first kappa shape index (κ1) is 16.0. The van der Waals surface area contributed by atoms with E-state index in [-0.39, 0.29) is 16.8 Å². The van der Waals surface area contributed by atoms with Crippen LogP contribution in [0.5, 0.6) is 0 Å². The molecule has 17 heavy (non-hydrogen) atoms. The lowest BCUT2D eigenvalue weighted by molar-refractivity contribution is -0.157. The molecule has 0 aliphatic heterocycles. The standard InChI is InChI=1S/C11H19NO4S/c1-7(13)12-9(6-17-8(2)14)10(15)16-11(3,4)5/h9H,6H2,1-5H3,(H,12,13)/t9-/m0/s1. The van der Waals surface area contributed by atoms with Gasteiger partial charge in [0, 0.05) is 19.6 Å². The van der Waals surface area contributed by atoms with E-state index in [0.29, 0.717) is 0 Å². The molecule has 0 unspecified atom stereocenters. The molecule has 0 radical (unpaired) electrons. The first-order valence-corrected chi connectivity index (χ1v) is 6.23. The second kappa shape index (κ2) is 6.64. The number of nitrogens with one attached hydrogen (secondary N) is 1. The Morgan fingerprint density at radius 2 is 1.76 bits per heavy atom. The summed E-state index contributed by atoms with van der Waals surface area (Å²) in [5.74, 6) is -0.671. The normalized spacial score (nSPS) is 12.8. The summed E-state index contributed by atoms with van der Waals surface area (Å²) < 4.78 is 5.15. The highest BCUT2D eigenvalue weighted by atomic mass is 32.2. The second-order valence-corrected chi connectivity index (χ2v) is 5.79. The zero-order valence-corrected chi connectivity index (χ0v) is 11.6. The quantitative estimate of drug-likeness (QED) is 0.768. The van der Waals surface area contributed by atoms with E-state index >= 15 is 0 Å². The van der Waals surface area contributed by atoms with E-state index in [1.165, 1.54) is 13.8 Å².